The Labute approximate surface area is 76.8 Å². The number of nitrogens with zero attached hydrogens (tertiary/aromatic N) is 1. The molecule has 13 heavy (non-hydrogen) atoms. The molecule has 0 atom stereocenters. The maximum absolute atomic E-state index is 11.1. The second-order valence-corrected chi connectivity index (χ2v) is 3.56. The summed E-state index contributed by atoms with van der Waals surface area (Å²) in [5.41, 5.74) is 4.08. The number of carbonyl (C=O) groups is 2. The van der Waals surface area contributed by atoms with E-state index in [1.165, 1.54) is 0 Å². The second kappa shape index (κ2) is 4.04. The molecule has 0 saturated carbocycles. The first-order valence-electron chi connectivity index (χ1n) is 3.75. The molecule has 0 aromatic heterocycles. The van der Waals surface area contributed by atoms with Gasteiger partial charge in [0.25, 0.3) is 5.91 Å². The van der Waals surface area contributed by atoms with E-state index in [0.717, 1.165) is 12.2 Å². The lowest BCUT2D eigenvalue weighted by atomic mass is 10.1. The van der Waals surface area contributed by atoms with Crippen LogP contribution in [0.3, 0.4) is 0 Å². The number of nitrogens with two attached hydrogens (primary N) is 1. The van der Waals surface area contributed by atoms with Crippen LogP contribution >= 0.6 is 0 Å². The summed E-state index contributed by atoms with van der Waals surface area (Å²) >= 11 is 0. The molecule has 0 radical (unpaired) electrons. The van der Waals surface area contributed by atoms with Crippen LogP contribution in [0, 0.1) is 0 Å². The van der Waals surface area contributed by atoms with Crippen molar-refractivity contribution in [2.75, 3.05) is 0 Å². The summed E-state index contributed by atoms with van der Waals surface area (Å²) in [5, 5.41) is 9.78. The smallest absolute Gasteiger partial charge is 0.270 e. The lowest BCUT2D eigenvalue weighted by Gasteiger charge is -2.28. The van der Waals surface area contributed by atoms with E-state index in [4.69, 9.17) is 5.73 Å². The molecule has 5 heteroatoms. The summed E-state index contributed by atoms with van der Waals surface area (Å²) in [6.45, 7) is 4.97. The Morgan fingerprint density at radius 3 is 2.08 bits per heavy atom. The molecule has 0 fully saturated rings. The van der Waals surface area contributed by atoms with Crippen molar-refractivity contribution in [1.29, 1.82) is 0 Å². The summed E-state index contributed by atoms with van der Waals surface area (Å²) in [6.07, 6.45) is 1.82. The Hall–Kier alpha value is -1.36. The predicted octanol–water partition coefficient (Wildman–Crippen LogP) is 0.0442. The van der Waals surface area contributed by atoms with Gasteiger partial charge in [-0.25, -0.2) is 5.06 Å². The van der Waals surface area contributed by atoms with Gasteiger partial charge >= 0.3 is 0 Å². The molecule has 0 saturated heterocycles. The van der Waals surface area contributed by atoms with E-state index in [1.807, 2.05) is 0 Å². The SMILES string of the molecule is CC(C)(C)N(O)C(=O)/C=C\C(N)=O. The van der Waals surface area contributed by atoms with E-state index in [1.54, 1.807) is 20.8 Å². The van der Waals surface area contributed by atoms with E-state index in [2.05, 4.69) is 0 Å². The van der Waals surface area contributed by atoms with E-state index < -0.39 is 17.4 Å². The minimum atomic E-state index is -0.726. The highest BCUT2D eigenvalue weighted by atomic mass is 16.5. The van der Waals surface area contributed by atoms with Crippen molar-refractivity contribution in [1.82, 2.24) is 5.06 Å². The Morgan fingerprint density at radius 2 is 1.77 bits per heavy atom. The van der Waals surface area contributed by atoms with Crippen molar-refractivity contribution in [2.45, 2.75) is 26.3 Å². The van der Waals surface area contributed by atoms with Gasteiger partial charge in [0.15, 0.2) is 0 Å². The molecule has 0 aliphatic carbocycles. The molecule has 0 aliphatic rings. The highest BCUT2D eigenvalue weighted by Gasteiger charge is 2.22. The van der Waals surface area contributed by atoms with Crippen LogP contribution < -0.4 is 5.73 Å². The van der Waals surface area contributed by atoms with Crippen LogP contribution in [-0.4, -0.2) is 27.6 Å². The summed E-state index contributed by atoms with van der Waals surface area (Å²) in [4.78, 5) is 21.3. The molecule has 5 nitrogen and oxygen atoms in total. The molecule has 74 valence electrons. The number of carbonyl (C=O) groups excluding carboxylic acids is 2. The van der Waals surface area contributed by atoms with Gasteiger partial charge in [0, 0.05) is 12.2 Å². The third kappa shape index (κ3) is 4.27. The van der Waals surface area contributed by atoms with Gasteiger partial charge in [-0.15, -0.1) is 0 Å². The van der Waals surface area contributed by atoms with Crippen molar-refractivity contribution in [3.63, 3.8) is 0 Å². The van der Waals surface area contributed by atoms with Gasteiger partial charge in [-0.2, -0.15) is 0 Å². The molecule has 0 aliphatic heterocycles. The second-order valence-electron chi connectivity index (χ2n) is 3.56. The van der Waals surface area contributed by atoms with Gasteiger partial charge in [-0.3, -0.25) is 14.8 Å². The molecule has 0 aromatic rings. The number of hydrogen-bond donors (Lipinski definition) is 2. The highest BCUT2D eigenvalue weighted by Crippen LogP contribution is 2.10. The van der Waals surface area contributed by atoms with Crippen molar-refractivity contribution in [2.24, 2.45) is 5.73 Å². The quantitative estimate of drug-likeness (QED) is 0.363. The van der Waals surface area contributed by atoms with Crippen LogP contribution in [0.2, 0.25) is 0 Å². The molecule has 3 N–H and O–H groups in total. The Bertz CT molecular complexity index is 240. The number of amides is 2. The summed E-state index contributed by atoms with van der Waals surface area (Å²) in [6, 6.07) is 0. The normalized spacial score (nSPS) is 11.7. The third-order valence-corrected chi connectivity index (χ3v) is 1.23. The Kier molecular flexibility index (Phi) is 3.62. The zero-order valence-electron chi connectivity index (χ0n) is 7.94. The lowest BCUT2D eigenvalue weighted by Crippen LogP contribution is -2.42. The number of primary amides is 1. The van der Waals surface area contributed by atoms with Gasteiger partial charge in [0.2, 0.25) is 5.91 Å². The number of hydroxylamine groups is 2. The topological polar surface area (TPSA) is 83.6 Å². The fourth-order valence-corrected chi connectivity index (χ4v) is 0.555. The number of hydrogen-bond acceptors (Lipinski definition) is 3. The first-order valence-corrected chi connectivity index (χ1v) is 3.75. The zero-order valence-corrected chi connectivity index (χ0v) is 7.94. The standard InChI is InChI=1S/C8H14N2O3/c1-8(2,3)10(13)7(12)5-4-6(9)11/h4-5,13H,1-3H3,(H2,9,11)/b5-4-. The van der Waals surface area contributed by atoms with Crippen molar-refractivity contribution in [3.05, 3.63) is 12.2 Å². The van der Waals surface area contributed by atoms with Crippen molar-refractivity contribution >= 4 is 11.8 Å². The third-order valence-electron chi connectivity index (χ3n) is 1.23. The van der Waals surface area contributed by atoms with Crippen LogP contribution in [0.5, 0.6) is 0 Å². The average Bonchev–Trinajstić information content (AvgIpc) is 1.96. The van der Waals surface area contributed by atoms with Crippen molar-refractivity contribution in [3.8, 4) is 0 Å². The minimum absolute atomic E-state index is 0.534. The highest BCUT2D eigenvalue weighted by molar-refractivity contribution is 5.95. The Morgan fingerprint density at radius 1 is 1.31 bits per heavy atom. The Balaban J connectivity index is 4.37. The van der Waals surface area contributed by atoms with E-state index in [0.29, 0.717) is 5.06 Å². The first kappa shape index (κ1) is 11.6. The molecule has 0 heterocycles. The molecule has 0 unspecified atom stereocenters. The first-order chi connectivity index (χ1) is 5.75. The summed E-state index contributed by atoms with van der Waals surface area (Å²) in [5.74, 6) is -1.40. The lowest BCUT2D eigenvalue weighted by molar-refractivity contribution is -0.180. The van der Waals surface area contributed by atoms with Gasteiger partial charge in [0.1, 0.15) is 0 Å². The summed E-state index contributed by atoms with van der Waals surface area (Å²) in [7, 11) is 0. The fourth-order valence-electron chi connectivity index (χ4n) is 0.555. The summed E-state index contributed by atoms with van der Waals surface area (Å²) < 4.78 is 0. The van der Waals surface area contributed by atoms with Crippen molar-refractivity contribution < 1.29 is 14.8 Å². The predicted molar refractivity (Wildman–Crippen MR) is 46.7 cm³/mol. The van der Waals surface area contributed by atoms with Crippen LogP contribution in [0.1, 0.15) is 20.8 Å². The molecule has 0 spiro atoms. The maximum Gasteiger partial charge on any atom is 0.270 e. The largest absolute Gasteiger partial charge is 0.366 e. The average molecular weight is 186 g/mol. The van der Waals surface area contributed by atoms with Gasteiger partial charge in [-0.05, 0) is 20.8 Å². The zero-order chi connectivity index (χ0) is 10.6. The van der Waals surface area contributed by atoms with Gasteiger partial charge in [0.05, 0.1) is 5.54 Å². The monoisotopic (exact) mass is 186 g/mol. The van der Waals surface area contributed by atoms with Gasteiger partial charge in [-0.1, -0.05) is 0 Å². The number of rotatable bonds is 2. The molecule has 0 rings (SSSR count). The van der Waals surface area contributed by atoms with Crippen LogP contribution in [-0.2, 0) is 9.59 Å². The molecule has 2 amide bonds. The molecule has 0 aromatic carbocycles. The van der Waals surface area contributed by atoms with Gasteiger partial charge < -0.3 is 5.73 Å². The van der Waals surface area contributed by atoms with E-state index in [-0.39, 0.29) is 0 Å². The van der Waals surface area contributed by atoms with E-state index in [9.17, 15) is 14.8 Å². The van der Waals surface area contributed by atoms with Crippen LogP contribution in [0.15, 0.2) is 12.2 Å². The molecule has 0 bridgehead atoms. The molecular formula is C8H14N2O3. The van der Waals surface area contributed by atoms with Crippen LogP contribution in [0.4, 0.5) is 0 Å². The fraction of sp³-hybridized carbons (Fsp3) is 0.500. The maximum atomic E-state index is 11.1. The van der Waals surface area contributed by atoms with E-state index >= 15 is 0 Å². The van der Waals surface area contributed by atoms with Crippen LogP contribution in [0.25, 0.3) is 0 Å². The molecular weight excluding hydrogens is 172 g/mol. The minimum Gasteiger partial charge on any atom is -0.366 e.